The van der Waals surface area contributed by atoms with Crippen molar-refractivity contribution in [3.05, 3.63) is 348 Å². The molecule has 2 unspecified atom stereocenters. The molecule has 0 fully saturated rings. The summed E-state index contributed by atoms with van der Waals surface area (Å²) in [7, 11) is 0. The van der Waals surface area contributed by atoms with Gasteiger partial charge in [-0.15, -0.1) is 0 Å². The van der Waals surface area contributed by atoms with Crippen molar-refractivity contribution in [2.24, 2.45) is 0 Å². The SMILES string of the molecule is CCC(CC(=O)c1c(O)c(O)cc2c(O)c(-c3c(C)cc4c(C(=O)NC(CC)c5ccccc5)c(O)c(O)cc4c3O)c(C)cc12)c1ccccc1.Cc1cc2c(C(=O)CCc3ccccc3)c(O)c(O)cc2c(O)c1-c1c(C)cc2c(C(=O)NCc3ccccc3)c(O)c(O)cc2c1O.Cc1cccc(CC(=O)c2c(O)c(O)cc3c(O)c(-c4c(C)cc5c(C(=O)Nc6cccc(C)c6)c(O)c(O)cc5c4O)c(C)cc23)c1. The third kappa shape index (κ3) is 19.4. The molecule has 750 valence electrons. The van der Waals surface area contributed by atoms with Gasteiger partial charge in [0.15, 0.2) is 86.3 Å². The summed E-state index contributed by atoms with van der Waals surface area (Å²) in [5.41, 5.74) is 9.06. The number of aryl methyl sites for hydroxylation is 9. The third-order valence-corrected chi connectivity index (χ3v) is 27.3. The van der Waals surface area contributed by atoms with Crippen LogP contribution in [-0.2, 0) is 19.4 Å². The second-order valence-corrected chi connectivity index (χ2v) is 37.3. The molecular formula is C121H107N3O24. The first-order chi connectivity index (χ1) is 70.6. The number of rotatable bonds is 24. The van der Waals surface area contributed by atoms with E-state index >= 15 is 0 Å². The molecule has 0 aliphatic heterocycles. The van der Waals surface area contributed by atoms with E-state index in [0.717, 1.165) is 63.7 Å². The summed E-state index contributed by atoms with van der Waals surface area (Å²) in [5, 5.41) is 210. The van der Waals surface area contributed by atoms with Gasteiger partial charge in [0, 0.05) is 130 Å². The second-order valence-electron chi connectivity index (χ2n) is 37.3. The first-order valence-corrected chi connectivity index (χ1v) is 47.7. The molecule has 18 aromatic rings. The standard InChI is InChI=1S/C43H41NO8.2C39H33NO8/c1-5-24(25-13-9-7-10-14-25)19-32(45)37-27-17-22(3)35(39(48)29(27)20-33(46)41(37)50)36-23(4)18-28-30(40(36)49)21-34(47)42(51)38(28)43(52)44-31(6-2)26-15-11-8-12-16-26;1-18-7-5-9-22(11-18)15-28(41)33-24-13-20(3)31(35(44)26(24)16-29(42)37(33)46)32-21(4)14-25-27(36(32)45)17-30(43)38(47)34(25)39(48)40-23-10-6-8-19(2)12-23;1-20-15-24-26(17-29(42)37(46)33(24)28(41)14-13-22-9-5-3-6-10-22)35(44)31(20)32-21(2)16-25-27(36(32)45)18-30(43)38(47)34(25)39(48)40-19-23-11-7-4-8-12-23/h7-18,20-21,24,31,46-51H,5-6,19H2,1-4H3,(H,44,52);5-14,16-17,42-47H,15H2,1-4H3,(H,40,48);3-12,15-18,42-47H,13-14,19H2,1-2H3,(H,40,48). The largest absolute Gasteiger partial charge is 0.507 e. The molecule has 18 rings (SSSR count). The fraction of sp³-hybridized carbons (Fsp3) is 0.157. The van der Waals surface area contributed by atoms with Gasteiger partial charge < -0.3 is 108 Å². The van der Waals surface area contributed by atoms with Crippen molar-refractivity contribution >= 4 is 105 Å². The lowest BCUT2D eigenvalue weighted by molar-refractivity contribution is 0.0929. The molecule has 0 saturated heterocycles. The number of phenolic OH excluding ortho intramolecular Hbond substituents is 18. The van der Waals surface area contributed by atoms with Crippen LogP contribution in [0.3, 0.4) is 0 Å². The van der Waals surface area contributed by atoms with E-state index in [2.05, 4.69) is 16.0 Å². The van der Waals surface area contributed by atoms with Gasteiger partial charge in [0.05, 0.1) is 39.4 Å². The lowest BCUT2D eigenvalue weighted by Crippen LogP contribution is -2.28. The summed E-state index contributed by atoms with van der Waals surface area (Å²) in [6, 6.07) is 67.8. The van der Waals surface area contributed by atoms with E-state index in [0.29, 0.717) is 63.9 Å². The maximum atomic E-state index is 13.9. The Hall–Kier alpha value is -18.7. The number of phenols is 18. The summed E-state index contributed by atoms with van der Waals surface area (Å²) >= 11 is 0. The van der Waals surface area contributed by atoms with E-state index in [1.807, 2.05) is 173 Å². The van der Waals surface area contributed by atoms with E-state index in [1.165, 1.54) is 6.07 Å². The maximum Gasteiger partial charge on any atom is 0.260 e. The predicted octanol–water partition coefficient (Wildman–Crippen LogP) is 24.2. The highest BCUT2D eigenvalue weighted by Crippen LogP contribution is 2.57. The van der Waals surface area contributed by atoms with Crippen LogP contribution in [-0.4, -0.2) is 127 Å². The average Bonchev–Trinajstić information content (AvgIpc) is 0.732. The molecule has 0 aliphatic rings. The van der Waals surface area contributed by atoms with Crippen molar-refractivity contribution in [3.8, 4) is 137 Å². The molecule has 27 heteroatoms. The molecular weight excluding hydrogens is 1880 g/mol. The van der Waals surface area contributed by atoms with Crippen molar-refractivity contribution in [3.63, 3.8) is 0 Å². The molecule has 0 saturated carbocycles. The Kier molecular flexibility index (Phi) is 28.8. The third-order valence-electron chi connectivity index (χ3n) is 27.3. The van der Waals surface area contributed by atoms with Gasteiger partial charge in [0.2, 0.25) is 0 Å². The molecule has 0 aliphatic carbocycles. The van der Waals surface area contributed by atoms with Crippen LogP contribution in [0.25, 0.3) is 98.0 Å². The number of fused-ring (bicyclic) bond motifs is 6. The van der Waals surface area contributed by atoms with Crippen LogP contribution >= 0.6 is 0 Å². The number of anilines is 1. The average molecular weight is 1990 g/mol. The molecule has 148 heavy (non-hydrogen) atoms. The zero-order valence-corrected chi connectivity index (χ0v) is 82.2. The lowest BCUT2D eigenvalue weighted by Gasteiger charge is -2.22. The summed E-state index contributed by atoms with van der Waals surface area (Å²) in [5.74, 6) is -13.2. The van der Waals surface area contributed by atoms with Crippen molar-refractivity contribution in [1.29, 1.82) is 0 Å². The minimum absolute atomic E-state index is 0.0294. The number of carbonyl (C=O) groups is 6. The second kappa shape index (κ2) is 41.7. The monoisotopic (exact) mass is 1990 g/mol. The summed E-state index contributed by atoms with van der Waals surface area (Å²) in [6.07, 6.45) is 1.64. The van der Waals surface area contributed by atoms with E-state index in [1.54, 1.807) is 102 Å². The molecule has 0 radical (unpaired) electrons. The van der Waals surface area contributed by atoms with Gasteiger partial charge in [-0.1, -0.05) is 177 Å². The number of carbonyl (C=O) groups excluding carboxylic acids is 6. The van der Waals surface area contributed by atoms with E-state index in [4.69, 9.17) is 0 Å². The number of nitrogens with one attached hydrogen (secondary N) is 3. The molecule has 0 aromatic heterocycles. The Balaban J connectivity index is 0.000000159. The van der Waals surface area contributed by atoms with Gasteiger partial charge in [-0.05, 0) is 232 Å². The maximum absolute atomic E-state index is 13.9. The Morgan fingerprint density at radius 3 is 0.926 bits per heavy atom. The van der Waals surface area contributed by atoms with E-state index in [9.17, 15) is 121 Å². The topological polar surface area (TPSA) is 503 Å². The highest BCUT2D eigenvalue weighted by atomic mass is 16.3. The fourth-order valence-electron chi connectivity index (χ4n) is 20.0. The van der Waals surface area contributed by atoms with Crippen LogP contribution < -0.4 is 16.0 Å². The van der Waals surface area contributed by atoms with Crippen LogP contribution in [0.4, 0.5) is 5.69 Å². The zero-order valence-electron chi connectivity index (χ0n) is 82.2. The number of hydrogen-bond acceptors (Lipinski definition) is 24. The van der Waals surface area contributed by atoms with Gasteiger partial charge in [0.1, 0.15) is 34.5 Å². The smallest absolute Gasteiger partial charge is 0.260 e. The molecule has 3 amide bonds. The molecule has 18 aromatic carbocycles. The summed E-state index contributed by atoms with van der Waals surface area (Å²) in [6.45, 7) is 17.8. The Bertz CT molecular complexity index is 8010. The van der Waals surface area contributed by atoms with E-state index in [-0.39, 0.29) is 198 Å². The van der Waals surface area contributed by atoms with Crippen molar-refractivity contribution < 1.29 is 121 Å². The van der Waals surface area contributed by atoms with Crippen LogP contribution in [0.1, 0.15) is 186 Å². The number of aromatic hydroxyl groups is 18. The Morgan fingerprint density at radius 1 is 0.264 bits per heavy atom. The Labute approximate surface area is 848 Å². The highest BCUT2D eigenvalue weighted by molar-refractivity contribution is 6.22. The zero-order chi connectivity index (χ0) is 106. The van der Waals surface area contributed by atoms with Gasteiger partial charge in [-0.25, -0.2) is 0 Å². The molecule has 0 spiro atoms. The van der Waals surface area contributed by atoms with Crippen molar-refractivity contribution in [2.45, 2.75) is 126 Å². The first kappa shape index (κ1) is 102. The minimum Gasteiger partial charge on any atom is -0.507 e. The number of amides is 3. The Morgan fingerprint density at radius 2 is 0.568 bits per heavy atom. The highest BCUT2D eigenvalue weighted by Gasteiger charge is 2.35. The first-order valence-electron chi connectivity index (χ1n) is 47.7. The summed E-state index contributed by atoms with van der Waals surface area (Å²) < 4.78 is 0. The summed E-state index contributed by atoms with van der Waals surface area (Å²) in [4.78, 5) is 81.4. The fourth-order valence-corrected chi connectivity index (χ4v) is 20.0. The van der Waals surface area contributed by atoms with E-state index < -0.39 is 110 Å². The van der Waals surface area contributed by atoms with Gasteiger partial charge in [-0.2, -0.15) is 0 Å². The molecule has 0 heterocycles. The molecule has 0 bridgehead atoms. The predicted molar refractivity (Wildman–Crippen MR) is 569 cm³/mol. The van der Waals surface area contributed by atoms with Crippen LogP contribution in [0.15, 0.2) is 243 Å². The number of Topliss-reactive ketones (excluding diaryl/α,β-unsaturated/α-hetero) is 3. The molecule has 27 nitrogen and oxygen atoms in total. The quantitative estimate of drug-likeness (QED) is 0.0197. The van der Waals surface area contributed by atoms with Gasteiger partial charge in [0.25, 0.3) is 17.7 Å². The van der Waals surface area contributed by atoms with Crippen molar-refractivity contribution in [1.82, 2.24) is 10.6 Å². The molecule has 21 N–H and O–H groups in total. The minimum atomic E-state index is -0.714. The normalized spacial score (nSPS) is 11.7. The van der Waals surface area contributed by atoms with Gasteiger partial charge >= 0.3 is 0 Å². The molecule has 2 atom stereocenters. The van der Waals surface area contributed by atoms with Crippen LogP contribution in [0.2, 0.25) is 0 Å². The van der Waals surface area contributed by atoms with Crippen LogP contribution in [0, 0.1) is 55.4 Å². The number of benzene rings is 18. The lowest BCUT2D eigenvalue weighted by atomic mass is 9.85. The van der Waals surface area contributed by atoms with Gasteiger partial charge in [-0.3, -0.25) is 28.8 Å². The van der Waals surface area contributed by atoms with Crippen LogP contribution in [0.5, 0.6) is 103 Å². The number of ketones is 3. The van der Waals surface area contributed by atoms with Crippen molar-refractivity contribution in [2.75, 3.05) is 5.32 Å². The number of hydrogen-bond donors (Lipinski definition) is 21.